The molecule has 0 saturated heterocycles. The van der Waals surface area contributed by atoms with Crippen molar-refractivity contribution < 1.29 is 4.79 Å². The van der Waals surface area contributed by atoms with Gasteiger partial charge in [0.05, 0.1) is 18.4 Å². The van der Waals surface area contributed by atoms with Crippen molar-refractivity contribution in [1.29, 1.82) is 0 Å². The Morgan fingerprint density at radius 3 is 2.79 bits per heavy atom. The fourth-order valence-corrected chi connectivity index (χ4v) is 2.04. The van der Waals surface area contributed by atoms with Crippen molar-refractivity contribution >= 4 is 22.8 Å². The third kappa shape index (κ3) is 2.67. The van der Waals surface area contributed by atoms with Crippen LogP contribution in [-0.4, -0.2) is 45.0 Å². The first kappa shape index (κ1) is 13.3. The predicted octanol–water partition coefficient (Wildman–Crippen LogP) is 1.25. The van der Waals surface area contributed by atoms with Crippen LogP contribution in [0.3, 0.4) is 0 Å². The number of carbonyl (C=O) groups is 1. The third-order valence-corrected chi connectivity index (χ3v) is 3.17. The highest BCUT2D eigenvalue weighted by molar-refractivity contribution is 5.88. The average Bonchev–Trinajstić information content (AvgIpc) is 2.80. The molecule has 102 valence electrons. The van der Waals surface area contributed by atoms with Crippen LogP contribution in [0.2, 0.25) is 0 Å². The molecule has 1 N–H and O–H groups in total. The fourth-order valence-electron chi connectivity index (χ4n) is 2.04. The molecule has 0 unspecified atom stereocenters. The highest BCUT2D eigenvalue weighted by atomic mass is 16.2. The number of hydrogen-bond acceptors (Lipinski definition) is 4. The number of amides is 1. The van der Waals surface area contributed by atoms with Crippen molar-refractivity contribution in [2.45, 2.75) is 13.8 Å². The molecule has 1 amide bonds. The Labute approximate surface area is 112 Å². The average molecular weight is 261 g/mol. The van der Waals surface area contributed by atoms with Crippen molar-refractivity contribution in [1.82, 2.24) is 19.4 Å². The summed E-state index contributed by atoms with van der Waals surface area (Å²) in [6.07, 6.45) is 3.46. The lowest BCUT2D eigenvalue weighted by Crippen LogP contribution is -2.35. The van der Waals surface area contributed by atoms with Gasteiger partial charge in [-0.15, -0.1) is 0 Å². The number of nitrogens with zero attached hydrogens (tertiary/aromatic N) is 4. The van der Waals surface area contributed by atoms with Crippen LogP contribution in [0.25, 0.3) is 11.0 Å². The van der Waals surface area contributed by atoms with Crippen LogP contribution in [0.5, 0.6) is 0 Å². The normalized spacial score (nSPS) is 10.7. The number of aromatic nitrogens is 3. The van der Waals surface area contributed by atoms with E-state index in [9.17, 15) is 4.79 Å². The van der Waals surface area contributed by atoms with Crippen LogP contribution >= 0.6 is 0 Å². The monoisotopic (exact) mass is 261 g/mol. The van der Waals surface area contributed by atoms with Gasteiger partial charge in [-0.2, -0.15) is 0 Å². The molecule has 0 bridgehead atoms. The quantitative estimate of drug-likeness (QED) is 0.880. The Morgan fingerprint density at radius 1 is 1.37 bits per heavy atom. The Morgan fingerprint density at radius 2 is 2.11 bits per heavy atom. The Bertz CT molecular complexity index is 573. The summed E-state index contributed by atoms with van der Waals surface area (Å²) in [5, 5.41) is 3.07. The maximum atomic E-state index is 11.9. The van der Waals surface area contributed by atoms with Gasteiger partial charge in [0.25, 0.3) is 0 Å². The third-order valence-electron chi connectivity index (χ3n) is 3.17. The molecule has 2 aromatic rings. The molecule has 6 heteroatoms. The summed E-state index contributed by atoms with van der Waals surface area (Å²) in [7, 11) is 1.93. The maximum Gasteiger partial charge on any atom is 0.241 e. The SMILES string of the molecule is CCN(CC)C(=O)CNc1nccc2c1ncn2C. The van der Waals surface area contributed by atoms with E-state index in [4.69, 9.17) is 0 Å². The minimum Gasteiger partial charge on any atom is -0.359 e. The molecule has 0 saturated carbocycles. The van der Waals surface area contributed by atoms with Gasteiger partial charge in [0.1, 0.15) is 5.52 Å². The molecule has 0 aromatic carbocycles. The van der Waals surface area contributed by atoms with E-state index >= 15 is 0 Å². The number of hydrogen-bond donors (Lipinski definition) is 1. The summed E-state index contributed by atoms with van der Waals surface area (Å²) in [4.78, 5) is 22.3. The van der Waals surface area contributed by atoms with Gasteiger partial charge in [-0.05, 0) is 19.9 Å². The summed E-state index contributed by atoms with van der Waals surface area (Å²) in [6.45, 7) is 5.62. The zero-order valence-corrected chi connectivity index (χ0v) is 11.6. The number of anilines is 1. The van der Waals surface area contributed by atoms with Crippen LogP contribution < -0.4 is 5.32 Å². The molecule has 0 aliphatic rings. The fraction of sp³-hybridized carbons (Fsp3) is 0.462. The van der Waals surface area contributed by atoms with E-state index in [1.54, 1.807) is 17.4 Å². The molecule has 0 radical (unpaired) electrons. The summed E-state index contributed by atoms with van der Waals surface area (Å²) in [5.41, 5.74) is 1.78. The van der Waals surface area contributed by atoms with Crippen molar-refractivity contribution in [2.24, 2.45) is 7.05 Å². The lowest BCUT2D eigenvalue weighted by molar-refractivity contribution is -0.128. The van der Waals surface area contributed by atoms with Gasteiger partial charge in [0.15, 0.2) is 5.82 Å². The van der Waals surface area contributed by atoms with Crippen molar-refractivity contribution in [3.63, 3.8) is 0 Å². The minimum atomic E-state index is 0.0692. The van der Waals surface area contributed by atoms with Gasteiger partial charge in [0.2, 0.25) is 5.91 Å². The molecule has 19 heavy (non-hydrogen) atoms. The molecule has 0 aliphatic carbocycles. The maximum absolute atomic E-state index is 11.9. The topological polar surface area (TPSA) is 63.1 Å². The molecule has 0 aliphatic heterocycles. The van der Waals surface area contributed by atoms with Gasteiger partial charge in [-0.1, -0.05) is 0 Å². The zero-order chi connectivity index (χ0) is 13.8. The highest BCUT2D eigenvalue weighted by Gasteiger charge is 2.11. The molecular weight excluding hydrogens is 242 g/mol. The van der Waals surface area contributed by atoms with Gasteiger partial charge in [-0.3, -0.25) is 4.79 Å². The Hall–Kier alpha value is -2.11. The van der Waals surface area contributed by atoms with E-state index < -0.39 is 0 Å². The van der Waals surface area contributed by atoms with Gasteiger partial charge in [-0.25, -0.2) is 9.97 Å². The summed E-state index contributed by atoms with van der Waals surface area (Å²) >= 11 is 0. The summed E-state index contributed by atoms with van der Waals surface area (Å²) < 4.78 is 1.93. The van der Waals surface area contributed by atoms with E-state index in [0.717, 1.165) is 24.1 Å². The van der Waals surface area contributed by atoms with E-state index in [1.165, 1.54) is 0 Å². The number of fused-ring (bicyclic) bond motifs is 1. The van der Waals surface area contributed by atoms with Crippen LogP contribution in [0, 0.1) is 0 Å². The van der Waals surface area contributed by atoms with Crippen LogP contribution in [0.15, 0.2) is 18.6 Å². The van der Waals surface area contributed by atoms with Crippen LogP contribution in [0.1, 0.15) is 13.8 Å². The van der Waals surface area contributed by atoms with Gasteiger partial charge < -0.3 is 14.8 Å². The van der Waals surface area contributed by atoms with E-state index in [1.807, 2.05) is 31.5 Å². The van der Waals surface area contributed by atoms with Crippen molar-refractivity contribution in [3.8, 4) is 0 Å². The molecule has 0 spiro atoms. The predicted molar refractivity (Wildman–Crippen MR) is 74.9 cm³/mol. The number of likely N-dealkylation sites (N-methyl/N-ethyl adjacent to an activating group) is 1. The molecule has 2 heterocycles. The largest absolute Gasteiger partial charge is 0.359 e. The molecular formula is C13H19N5O. The summed E-state index contributed by atoms with van der Waals surface area (Å²) in [6, 6.07) is 1.90. The standard InChI is InChI=1S/C13H19N5O/c1-4-18(5-2)11(19)8-15-13-12-10(6-7-14-13)17(3)9-16-12/h6-7,9H,4-5,8H2,1-3H3,(H,14,15). The zero-order valence-electron chi connectivity index (χ0n) is 11.6. The number of nitrogens with one attached hydrogen (secondary N) is 1. The number of aryl methyl sites for hydroxylation is 1. The van der Waals surface area contributed by atoms with E-state index in [0.29, 0.717) is 5.82 Å². The Kier molecular flexibility index (Phi) is 3.99. The highest BCUT2D eigenvalue weighted by Crippen LogP contribution is 2.18. The summed E-state index contributed by atoms with van der Waals surface area (Å²) in [5.74, 6) is 0.721. The Balaban J connectivity index is 2.12. The van der Waals surface area contributed by atoms with Crippen molar-refractivity contribution in [2.75, 3.05) is 25.0 Å². The smallest absolute Gasteiger partial charge is 0.241 e. The lowest BCUT2D eigenvalue weighted by Gasteiger charge is -2.18. The molecule has 0 fully saturated rings. The number of carbonyl (C=O) groups excluding carboxylic acids is 1. The first-order chi connectivity index (χ1) is 9.17. The van der Waals surface area contributed by atoms with E-state index in [2.05, 4.69) is 15.3 Å². The van der Waals surface area contributed by atoms with Gasteiger partial charge in [0, 0.05) is 26.3 Å². The van der Waals surface area contributed by atoms with Crippen LogP contribution in [0.4, 0.5) is 5.82 Å². The first-order valence-corrected chi connectivity index (χ1v) is 6.45. The van der Waals surface area contributed by atoms with Gasteiger partial charge >= 0.3 is 0 Å². The molecule has 2 rings (SSSR count). The lowest BCUT2D eigenvalue weighted by atomic mass is 10.3. The molecule has 0 atom stereocenters. The minimum absolute atomic E-state index is 0.0692. The number of imidazole rings is 1. The number of pyridine rings is 1. The second-order valence-corrected chi connectivity index (χ2v) is 4.30. The first-order valence-electron chi connectivity index (χ1n) is 6.45. The second kappa shape index (κ2) is 5.69. The van der Waals surface area contributed by atoms with Crippen molar-refractivity contribution in [3.05, 3.63) is 18.6 Å². The number of rotatable bonds is 5. The molecule has 6 nitrogen and oxygen atoms in total. The van der Waals surface area contributed by atoms with Crippen LogP contribution in [-0.2, 0) is 11.8 Å². The second-order valence-electron chi connectivity index (χ2n) is 4.30. The molecule has 2 aromatic heterocycles. The van der Waals surface area contributed by atoms with E-state index in [-0.39, 0.29) is 12.5 Å².